The summed E-state index contributed by atoms with van der Waals surface area (Å²) >= 11 is 0. The number of nitrogens with zero attached hydrogens (tertiary/aromatic N) is 1. The molecule has 0 aromatic heterocycles. The zero-order valence-corrected chi connectivity index (χ0v) is 23.9. The molecule has 200 valence electrons. The Hall–Kier alpha value is -2.22. The minimum absolute atomic E-state index is 0.0308. The highest BCUT2D eigenvalue weighted by Crippen LogP contribution is 2.74. The summed E-state index contributed by atoms with van der Waals surface area (Å²) in [5.74, 6) is -0.376. The Bertz CT molecular complexity index is 1200. The third-order valence-corrected chi connectivity index (χ3v) is 12.5. The lowest BCUT2D eigenvalue weighted by Crippen LogP contribution is -2.65. The molecule has 0 saturated heterocycles. The number of Topliss-reactive ketones (excluding diaryl/α,β-unsaturated/α-hetero) is 1. The van der Waals surface area contributed by atoms with E-state index in [4.69, 9.17) is 4.74 Å². The van der Waals surface area contributed by atoms with Gasteiger partial charge in [0.05, 0.1) is 18.1 Å². The Morgan fingerprint density at radius 3 is 2.27 bits per heavy atom. The smallest absolute Gasteiger partial charge is 0.312 e. The van der Waals surface area contributed by atoms with Gasteiger partial charge < -0.3 is 4.74 Å². The third kappa shape index (κ3) is 3.11. The molecule has 0 radical (unpaired) electrons. The molecule has 5 nitrogen and oxygen atoms in total. The van der Waals surface area contributed by atoms with Gasteiger partial charge in [0, 0.05) is 16.7 Å². The fraction of sp³-hybridized carbons (Fsp3) is 0.750. The fourth-order valence-electron chi connectivity index (χ4n) is 10.2. The topological polar surface area (TPSA) is 84.2 Å². The van der Waals surface area contributed by atoms with Crippen LogP contribution in [-0.2, 0) is 19.1 Å². The quantitative estimate of drug-likeness (QED) is 0.386. The largest absolute Gasteiger partial charge is 0.469 e. The van der Waals surface area contributed by atoms with Crippen LogP contribution in [0.15, 0.2) is 23.3 Å². The molecule has 37 heavy (non-hydrogen) atoms. The second-order valence-corrected chi connectivity index (χ2v) is 14.9. The lowest BCUT2D eigenvalue weighted by Gasteiger charge is -2.68. The van der Waals surface area contributed by atoms with Crippen LogP contribution in [0.4, 0.5) is 0 Å². The monoisotopic (exact) mass is 505 g/mol. The summed E-state index contributed by atoms with van der Waals surface area (Å²) in [5.41, 5.74) is -1.02. The summed E-state index contributed by atoms with van der Waals surface area (Å²) in [5, 5.41) is 9.86. The zero-order chi connectivity index (χ0) is 27.4. The zero-order valence-electron chi connectivity index (χ0n) is 23.9. The summed E-state index contributed by atoms with van der Waals surface area (Å²) in [6, 6.07) is 2.17. The molecule has 0 aromatic rings. The SMILES string of the molecule is COC(=O)[C@]12CCC(C)(C)C[C@@H]1[C@@H]1C(=O)C=C3[C@]4(C)C=C(C#N)C(=O)C(C)(C)[C@@H]4CC[C@@]3(C)[C@@]1(C)CC2. The van der Waals surface area contributed by atoms with Crippen molar-refractivity contribution in [3.05, 3.63) is 23.3 Å². The molecule has 0 bridgehead atoms. The van der Waals surface area contributed by atoms with Crippen molar-refractivity contribution in [1.29, 1.82) is 5.26 Å². The Morgan fingerprint density at radius 1 is 1.00 bits per heavy atom. The summed E-state index contributed by atoms with van der Waals surface area (Å²) in [6.07, 6.45) is 9.65. The van der Waals surface area contributed by atoms with E-state index >= 15 is 0 Å². The lowest BCUT2D eigenvalue weighted by atomic mass is 9.34. The molecule has 5 rings (SSSR count). The van der Waals surface area contributed by atoms with Crippen molar-refractivity contribution < 1.29 is 19.1 Å². The molecule has 7 atom stereocenters. The van der Waals surface area contributed by atoms with E-state index in [2.05, 4.69) is 40.7 Å². The van der Waals surface area contributed by atoms with Gasteiger partial charge in [-0.15, -0.1) is 0 Å². The van der Waals surface area contributed by atoms with Crippen LogP contribution in [0, 0.1) is 61.6 Å². The van der Waals surface area contributed by atoms with E-state index in [9.17, 15) is 19.6 Å². The second-order valence-electron chi connectivity index (χ2n) is 14.9. The molecule has 0 amide bonds. The number of rotatable bonds is 1. The molecule has 3 saturated carbocycles. The first-order valence-electron chi connectivity index (χ1n) is 14.1. The van der Waals surface area contributed by atoms with Gasteiger partial charge in [0.15, 0.2) is 11.6 Å². The molecule has 0 heterocycles. The summed E-state index contributed by atoms with van der Waals surface area (Å²) in [4.78, 5) is 40.9. The predicted octanol–water partition coefficient (Wildman–Crippen LogP) is 6.38. The number of hydrogen-bond donors (Lipinski definition) is 0. The van der Waals surface area contributed by atoms with Crippen LogP contribution in [-0.4, -0.2) is 24.6 Å². The van der Waals surface area contributed by atoms with Gasteiger partial charge in [-0.2, -0.15) is 5.26 Å². The van der Waals surface area contributed by atoms with Gasteiger partial charge in [0.25, 0.3) is 0 Å². The van der Waals surface area contributed by atoms with Crippen molar-refractivity contribution in [2.45, 2.75) is 93.4 Å². The van der Waals surface area contributed by atoms with Crippen LogP contribution >= 0.6 is 0 Å². The molecule has 0 N–H and O–H groups in total. The average molecular weight is 506 g/mol. The molecule has 3 fully saturated rings. The molecule has 5 aliphatic rings. The second kappa shape index (κ2) is 7.67. The molecule has 0 unspecified atom stereocenters. The number of ether oxygens (including phenoxy) is 1. The number of esters is 1. The first-order chi connectivity index (χ1) is 17.0. The highest BCUT2D eigenvalue weighted by molar-refractivity contribution is 6.04. The van der Waals surface area contributed by atoms with Crippen LogP contribution in [0.1, 0.15) is 93.4 Å². The van der Waals surface area contributed by atoms with Gasteiger partial charge in [0.1, 0.15) is 6.07 Å². The van der Waals surface area contributed by atoms with Gasteiger partial charge in [-0.25, -0.2) is 0 Å². The average Bonchev–Trinajstić information content (AvgIpc) is 2.82. The fourth-order valence-corrected chi connectivity index (χ4v) is 10.2. The normalized spacial score (nSPS) is 45.6. The summed E-state index contributed by atoms with van der Waals surface area (Å²) < 4.78 is 5.41. The Kier molecular flexibility index (Phi) is 5.47. The molecule has 0 aromatic carbocycles. The molecule has 0 spiro atoms. The van der Waals surface area contributed by atoms with Crippen molar-refractivity contribution in [3.63, 3.8) is 0 Å². The number of fused-ring (bicyclic) bond motifs is 7. The highest BCUT2D eigenvalue weighted by atomic mass is 16.5. The molecule has 0 aliphatic heterocycles. The Morgan fingerprint density at radius 2 is 1.65 bits per heavy atom. The van der Waals surface area contributed by atoms with Crippen LogP contribution in [0.3, 0.4) is 0 Å². The molecule has 5 aliphatic carbocycles. The van der Waals surface area contributed by atoms with Crippen molar-refractivity contribution >= 4 is 17.5 Å². The minimum Gasteiger partial charge on any atom is -0.469 e. The first-order valence-corrected chi connectivity index (χ1v) is 14.1. The van der Waals surface area contributed by atoms with E-state index in [1.165, 1.54) is 7.11 Å². The molecular weight excluding hydrogens is 462 g/mol. The maximum Gasteiger partial charge on any atom is 0.312 e. The van der Waals surface area contributed by atoms with E-state index in [0.29, 0.717) is 0 Å². The Balaban J connectivity index is 1.71. The van der Waals surface area contributed by atoms with Gasteiger partial charge in [-0.3, -0.25) is 14.4 Å². The van der Waals surface area contributed by atoms with Crippen LogP contribution < -0.4 is 0 Å². The van der Waals surface area contributed by atoms with E-state index in [-0.39, 0.29) is 57.1 Å². The van der Waals surface area contributed by atoms with Gasteiger partial charge in [-0.1, -0.05) is 60.1 Å². The van der Waals surface area contributed by atoms with E-state index in [1.807, 2.05) is 26.0 Å². The van der Waals surface area contributed by atoms with Gasteiger partial charge >= 0.3 is 5.97 Å². The number of allylic oxidation sites excluding steroid dienone is 4. The number of carbonyl (C=O) groups is 3. The van der Waals surface area contributed by atoms with Gasteiger partial charge in [0.2, 0.25) is 0 Å². The summed E-state index contributed by atoms with van der Waals surface area (Å²) in [7, 11) is 1.48. The first kappa shape index (κ1) is 26.4. The maximum atomic E-state index is 14.4. The van der Waals surface area contributed by atoms with Crippen molar-refractivity contribution in [2.75, 3.05) is 7.11 Å². The van der Waals surface area contributed by atoms with Crippen molar-refractivity contribution in [1.82, 2.24) is 0 Å². The number of carbonyl (C=O) groups excluding carboxylic acids is 3. The Labute approximate surface area is 222 Å². The lowest BCUT2D eigenvalue weighted by molar-refractivity contribution is -0.191. The number of ketones is 2. The number of methoxy groups -OCH3 is 1. The predicted molar refractivity (Wildman–Crippen MR) is 141 cm³/mol. The third-order valence-electron chi connectivity index (χ3n) is 12.5. The molecular formula is C32H43NO4. The minimum atomic E-state index is -0.669. The van der Waals surface area contributed by atoms with E-state index < -0.39 is 16.2 Å². The maximum absolute atomic E-state index is 14.4. The van der Waals surface area contributed by atoms with E-state index in [1.54, 1.807) is 0 Å². The van der Waals surface area contributed by atoms with Crippen LogP contribution in [0.2, 0.25) is 0 Å². The van der Waals surface area contributed by atoms with Crippen molar-refractivity contribution in [3.8, 4) is 6.07 Å². The van der Waals surface area contributed by atoms with Crippen LogP contribution in [0.5, 0.6) is 0 Å². The van der Waals surface area contributed by atoms with Crippen molar-refractivity contribution in [2.24, 2.45) is 50.2 Å². The highest BCUT2D eigenvalue weighted by Gasteiger charge is 2.71. The number of nitriles is 1. The van der Waals surface area contributed by atoms with E-state index in [0.717, 1.165) is 50.5 Å². The summed E-state index contributed by atoms with van der Waals surface area (Å²) in [6.45, 7) is 15.2. The molecule has 5 heteroatoms. The standard InChI is InChI=1S/C32H43NO4/c1-27(2)11-13-32(26(36)37-8)14-12-31(7)24(20(32)17-27)21(34)15-23-29(5)16-19(18-33)25(35)28(3,4)22(29)9-10-30(23,31)6/h15-16,20,22,24H,9-14,17H2,1-8H3/t20-,22+,24-,29-,30-,31+,32+/m1/s1. The van der Waals surface area contributed by atoms with Gasteiger partial charge in [-0.05, 0) is 79.1 Å². The number of hydrogen-bond acceptors (Lipinski definition) is 5. The van der Waals surface area contributed by atoms with Crippen LogP contribution in [0.25, 0.3) is 0 Å².